The lowest BCUT2D eigenvalue weighted by molar-refractivity contribution is -0.140. The number of hydrogen-bond donors (Lipinski definition) is 1. The largest absolute Gasteiger partial charge is 0.480 e. The molecule has 1 heterocycles. The van der Waals surface area contributed by atoms with Crippen LogP contribution in [0.3, 0.4) is 0 Å². The summed E-state index contributed by atoms with van der Waals surface area (Å²) in [5.74, 6) is -1.16. The van der Waals surface area contributed by atoms with Crippen molar-refractivity contribution in [1.29, 1.82) is 0 Å². The van der Waals surface area contributed by atoms with E-state index < -0.39 is 22.0 Å². The van der Waals surface area contributed by atoms with Gasteiger partial charge in [0, 0.05) is 6.54 Å². The lowest BCUT2D eigenvalue weighted by atomic mass is 10.2. The van der Waals surface area contributed by atoms with E-state index >= 15 is 0 Å². The molecule has 1 unspecified atom stereocenters. The molecule has 1 saturated heterocycles. The Balaban J connectivity index is 2.57. The van der Waals surface area contributed by atoms with Crippen molar-refractivity contribution < 1.29 is 18.3 Å². The number of hydrogen-bond acceptors (Lipinski definition) is 3. The van der Waals surface area contributed by atoms with E-state index in [4.69, 9.17) is 28.3 Å². The third-order valence-corrected chi connectivity index (χ3v) is 6.32. The molecule has 0 aromatic heterocycles. The Hall–Kier alpha value is -0.820. The van der Waals surface area contributed by atoms with Gasteiger partial charge in [0.2, 0.25) is 10.0 Å². The molecule has 0 spiro atoms. The van der Waals surface area contributed by atoms with E-state index in [0.717, 1.165) is 4.31 Å². The highest BCUT2D eigenvalue weighted by atomic mass is 35.5. The highest BCUT2D eigenvalue weighted by molar-refractivity contribution is 7.89. The lowest BCUT2D eigenvalue weighted by Gasteiger charge is -2.22. The van der Waals surface area contributed by atoms with Crippen molar-refractivity contribution in [1.82, 2.24) is 4.31 Å². The number of aryl methyl sites for hydroxylation is 1. The summed E-state index contributed by atoms with van der Waals surface area (Å²) in [4.78, 5) is 10.9. The number of benzene rings is 1. The van der Waals surface area contributed by atoms with Crippen LogP contribution >= 0.6 is 23.2 Å². The van der Waals surface area contributed by atoms with Gasteiger partial charge in [-0.1, -0.05) is 29.3 Å². The predicted octanol–water partition coefficient (Wildman–Crippen LogP) is 2.54. The topological polar surface area (TPSA) is 74.7 Å². The number of rotatable bonds is 3. The minimum Gasteiger partial charge on any atom is -0.480 e. The third-order valence-electron chi connectivity index (χ3n) is 3.30. The zero-order valence-electron chi connectivity index (χ0n) is 10.6. The van der Waals surface area contributed by atoms with Gasteiger partial charge >= 0.3 is 5.97 Å². The first-order valence-corrected chi connectivity index (χ1v) is 8.15. The Kier molecular flexibility index (Phi) is 4.30. The molecule has 2 rings (SSSR count). The van der Waals surface area contributed by atoms with Gasteiger partial charge in [-0.25, -0.2) is 8.42 Å². The molecule has 8 heteroatoms. The fourth-order valence-corrected chi connectivity index (χ4v) is 5.05. The predicted molar refractivity (Wildman–Crippen MR) is 75.7 cm³/mol. The molecule has 1 fully saturated rings. The number of carboxylic acids is 1. The highest BCUT2D eigenvalue weighted by Crippen LogP contribution is 2.36. The van der Waals surface area contributed by atoms with Gasteiger partial charge in [0.15, 0.2) is 0 Å². The molecule has 1 aromatic carbocycles. The second-order valence-corrected chi connectivity index (χ2v) is 7.23. The van der Waals surface area contributed by atoms with Crippen molar-refractivity contribution in [3.05, 3.63) is 27.7 Å². The van der Waals surface area contributed by atoms with Crippen LogP contribution < -0.4 is 0 Å². The molecule has 1 aliphatic heterocycles. The lowest BCUT2D eigenvalue weighted by Crippen LogP contribution is -2.40. The van der Waals surface area contributed by atoms with Crippen molar-refractivity contribution in [3.63, 3.8) is 0 Å². The zero-order chi connectivity index (χ0) is 15.1. The number of carboxylic acid groups (broad SMARTS) is 1. The maximum atomic E-state index is 12.6. The van der Waals surface area contributed by atoms with Crippen molar-refractivity contribution in [2.45, 2.75) is 30.7 Å². The molecule has 0 aliphatic carbocycles. The van der Waals surface area contributed by atoms with E-state index in [1.165, 1.54) is 6.07 Å². The number of halogens is 2. The number of nitrogens with zero attached hydrogens (tertiary/aromatic N) is 1. The Morgan fingerprint density at radius 2 is 2.05 bits per heavy atom. The maximum absolute atomic E-state index is 12.6. The van der Waals surface area contributed by atoms with Crippen LogP contribution in [-0.2, 0) is 14.8 Å². The average molecular weight is 338 g/mol. The van der Waals surface area contributed by atoms with E-state index in [0.29, 0.717) is 12.0 Å². The van der Waals surface area contributed by atoms with Gasteiger partial charge in [0.1, 0.15) is 10.9 Å². The van der Waals surface area contributed by atoms with Gasteiger partial charge in [0.05, 0.1) is 10.0 Å². The highest BCUT2D eigenvalue weighted by Gasteiger charge is 2.41. The fourth-order valence-electron chi connectivity index (χ4n) is 2.26. The molecule has 0 bridgehead atoms. The summed E-state index contributed by atoms with van der Waals surface area (Å²) in [7, 11) is -4.03. The summed E-state index contributed by atoms with van der Waals surface area (Å²) >= 11 is 12.0. The van der Waals surface area contributed by atoms with Crippen LogP contribution in [0, 0.1) is 6.92 Å². The molecule has 1 atom stereocenters. The molecule has 1 N–H and O–H groups in total. The standard InChI is InChI=1S/C12H13Cl2NO4S/c1-7-4-5-8(13)11(10(7)14)20(18,19)15-6-2-3-9(15)12(16)17/h4-5,9H,2-3,6H2,1H3,(H,16,17). The van der Waals surface area contributed by atoms with Crippen LogP contribution in [-0.4, -0.2) is 36.4 Å². The summed E-state index contributed by atoms with van der Waals surface area (Å²) in [5, 5.41) is 9.15. The quantitative estimate of drug-likeness (QED) is 0.919. The second kappa shape index (κ2) is 5.52. The summed E-state index contributed by atoms with van der Waals surface area (Å²) in [6.45, 7) is 1.82. The molecule has 0 saturated carbocycles. The van der Waals surface area contributed by atoms with Gasteiger partial charge < -0.3 is 5.11 Å². The van der Waals surface area contributed by atoms with Crippen molar-refractivity contribution in [2.75, 3.05) is 6.54 Å². The molecular formula is C12H13Cl2NO4S. The van der Waals surface area contributed by atoms with Crippen LogP contribution in [0.4, 0.5) is 0 Å². The van der Waals surface area contributed by atoms with Crippen LogP contribution in [0.1, 0.15) is 18.4 Å². The SMILES string of the molecule is Cc1ccc(Cl)c(S(=O)(=O)N2CCCC2C(=O)O)c1Cl. The number of sulfonamides is 1. The Labute approximate surface area is 127 Å². The smallest absolute Gasteiger partial charge is 0.322 e. The summed E-state index contributed by atoms with van der Waals surface area (Å²) < 4.78 is 26.2. The van der Waals surface area contributed by atoms with E-state index in [2.05, 4.69) is 0 Å². The fraction of sp³-hybridized carbons (Fsp3) is 0.417. The first-order chi connectivity index (χ1) is 9.26. The Morgan fingerprint density at radius 1 is 1.40 bits per heavy atom. The summed E-state index contributed by atoms with van der Waals surface area (Å²) in [5.41, 5.74) is 0.570. The molecular weight excluding hydrogens is 325 g/mol. The van der Waals surface area contributed by atoms with Crippen LogP contribution in [0.25, 0.3) is 0 Å². The van der Waals surface area contributed by atoms with E-state index in [-0.39, 0.29) is 27.9 Å². The molecule has 110 valence electrons. The minimum atomic E-state index is -4.03. The molecule has 0 amide bonds. The monoisotopic (exact) mass is 337 g/mol. The van der Waals surface area contributed by atoms with E-state index in [1.807, 2.05) is 0 Å². The average Bonchev–Trinajstić information content (AvgIpc) is 2.84. The van der Waals surface area contributed by atoms with Crippen LogP contribution in [0.2, 0.25) is 10.0 Å². The first kappa shape index (κ1) is 15.6. The van der Waals surface area contributed by atoms with Crippen molar-refractivity contribution in [2.24, 2.45) is 0 Å². The summed E-state index contributed by atoms with van der Waals surface area (Å²) in [6, 6.07) is 2.00. The van der Waals surface area contributed by atoms with Gasteiger partial charge in [0.25, 0.3) is 0 Å². The van der Waals surface area contributed by atoms with Gasteiger partial charge in [-0.05, 0) is 31.4 Å². The number of carbonyl (C=O) groups is 1. The van der Waals surface area contributed by atoms with Crippen molar-refractivity contribution >= 4 is 39.2 Å². The normalized spacial score (nSPS) is 20.2. The first-order valence-electron chi connectivity index (χ1n) is 5.96. The third kappa shape index (κ3) is 2.53. The molecule has 1 aliphatic rings. The van der Waals surface area contributed by atoms with E-state index in [9.17, 15) is 13.2 Å². The minimum absolute atomic E-state index is 0.00311. The molecule has 5 nitrogen and oxygen atoms in total. The molecule has 20 heavy (non-hydrogen) atoms. The van der Waals surface area contributed by atoms with Gasteiger partial charge in [-0.2, -0.15) is 4.31 Å². The number of aliphatic carboxylic acids is 1. The van der Waals surface area contributed by atoms with Crippen molar-refractivity contribution in [3.8, 4) is 0 Å². The summed E-state index contributed by atoms with van der Waals surface area (Å²) in [6.07, 6.45) is 0.785. The van der Waals surface area contributed by atoms with Crippen LogP contribution in [0.5, 0.6) is 0 Å². The maximum Gasteiger partial charge on any atom is 0.322 e. The second-order valence-electron chi connectivity index (χ2n) is 4.62. The Morgan fingerprint density at radius 3 is 2.65 bits per heavy atom. The van der Waals surface area contributed by atoms with Gasteiger partial charge in [-0.3, -0.25) is 4.79 Å². The van der Waals surface area contributed by atoms with E-state index in [1.54, 1.807) is 13.0 Å². The van der Waals surface area contributed by atoms with Crippen LogP contribution in [0.15, 0.2) is 17.0 Å². The van der Waals surface area contributed by atoms with Gasteiger partial charge in [-0.15, -0.1) is 0 Å². The molecule has 0 radical (unpaired) electrons. The Bertz CT molecular complexity index is 660. The zero-order valence-corrected chi connectivity index (χ0v) is 13.0. The molecule has 1 aromatic rings.